The van der Waals surface area contributed by atoms with Crippen molar-refractivity contribution in [1.29, 1.82) is 0 Å². The number of ketones is 1. The fourth-order valence-corrected chi connectivity index (χ4v) is 5.16. The van der Waals surface area contributed by atoms with Crippen molar-refractivity contribution in [2.75, 3.05) is 0 Å². The van der Waals surface area contributed by atoms with Crippen LogP contribution < -0.4 is 0 Å². The average molecular weight is 518 g/mol. The van der Waals surface area contributed by atoms with E-state index in [0.29, 0.717) is 13.0 Å². The van der Waals surface area contributed by atoms with E-state index in [0.717, 1.165) is 76.4 Å². The van der Waals surface area contributed by atoms with Crippen LogP contribution >= 0.6 is 0 Å². The van der Waals surface area contributed by atoms with Crippen LogP contribution in [0.25, 0.3) is 33.5 Å². The number of nitrogens with one attached hydrogen (secondary N) is 1. The van der Waals surface area contributed by atoms with E-state index in [9.17, 15) is 4.79 Å². The highest BCUT2D eigenvalue weighted by Crippen LogP contribution is 2.35. The third-order valence-corrected chi connectivity index (χ3v) is 7.09. The number of hydrogen-bond acceptors (Lipinski definition) is 4. The molecule has 5 aromatic rings. The lowest BCUT2D eigenvalue weighted by atomic mass is 9.93. The van der Waals surface area contributed by atoms with Gasteiger partial charge in [-0.1, -0.05) is 87.5 Å². The van der Waals surface area contributed by atoms with Crippen LogP contribution in [0.4, 0.5) is 0 Å². The molecule has 39 heavy (non-hydrogen) atoms. The molecule has 0 bridgehead atoms. The van der Waals surface area contributed by atoms with Gasteiger partial charge in [0.05, 0.1) is 11.9 Å². The monoisotopic (exact) mass is 517 g/mol. The van der Waals surface area contributed by atoms with E-state index < -0.39 is 0 Å². The highest BCUT2D eigenvalue weighted by Gasteiger charge is 2.21. The average Bonchev–Trinajstić information content (AvgIpc) is 3.63. The molecule has 1 N–H and O–H groups in total. The number of aromatic nitrogens is 5. The van der Waals surface area contributed by atoms with Gasteiger partial charge in [-0.3, -0.25) is 4.79 Å². The number of carbonyl (C=O) groups excluding carboxylic acids is 1. The highest BCUT2D eigenvalue weighted by molar-refractivity contribution is 5.95. The number of nitrogens with zero attached hydrogens (tertiary/aromatic N) is 4. The molecule has 0 atom stereocenters. The molecule has 0 saturated carbocycles. The number of Topliss-reactive ketones (excluding diaryl/α,β-unsaturated/α-hetero) is 1. The first-order chi connectivity index (χ1) is 19.1. The molecule has 198 valence electrons. The maximum atomic E-state index is 13.1. The molecule has 5 rings (SSSR count). The quantitative estimate of drug-likeness (QED) is 0.184. The summed E-state index contributed by atoms with van der Waals surface area (Å²) in [5.74, 6) is 1.19. The minimum Gasteiger partial charge on any atom is -0.321 e. The van der Waals surface area contributed by atoms with E-state index in [2.05, 4.69) is 107 Å². The van der Waals surface area contributed by atoms with Crippen LogP contribution in [0, 0.1) is 0 Å². The molecule has 2 heterocycles. The second-order valence-electron chi connectivity index (χ2n) is 9.86. The van der Waals surface area contributed by atoms with Gasteiger partial charge in [0.25, 0.3) is 0 Å². The number of benzene rings is 3. The number of carbonyl (C=O) groups is 1. The molecule has 0 aliphatic rings. The van der Waals surface area contributed by atoms with Crippen molar-refractivity contribution in [3.63, 3.8) is 0 Å². The molecular formula is C33H35N5O. The molecule has 6 nitrogen and oxygen atoms in total. The lowest BCUT2D eigenvalue weighted by Gasteiger charge is -2.14. The number of rotatable bonds is 11. The molecule has 0 spiro atoms. The zero-order valence-corrected chi connectivity index (χ0v) is 22.9. The van der Waals surface area contributed by atoms with Crippen molar-refractivity contribution in [1.82, 2.24) is 25.0 Å². The molecule has 0 fully saturated rings. The molecule has 0 unspecified atom stereocenters. The van der Waals surface area contributed by atoms with Crippen molar-refractivity contribution >= 4 is 5.78 Å². The second-order valence-corrected chi connectivity index (χ2v) is 9.86. The number of imidazole rings is 1. The second kappa shape index (κ2) is 12.0. The van der Waals surface area contributed by atoms with E-state index in [1.54, 1.807) is 6.20 Å². The van der Waals surface area contributed by atoms with Crippen molar-refractivity contribution in [3.8, 4) is 33.5 Å². The first kappa shape index (κ1) is 26.3. The van der Waals surface area contributed by atoms with Gasteiger partial charge in [-0.25, -0.2) is 4.98 Å². The van der Waals surface area contributed by atoms with Gasteiger partial charge in [-0.05, 0) is 53.1 Å². The smallest absolute Gasteiger partial charge is 0.181 e. The van der Waals surface area contributed by atoms with Crippen LogP contribution in [-0.4, -0.2) is 30.7 Å². The van der Waals surface area contributed by atoms with Gasteiger partial charge in [0.1, 0.15) is 17.2 Å². The van der Waals surface area contributed by atoms with E-state index in [1.807, 2.05) is 6.07 Å². The van der Waals surface area contributed by atoms with Crippen molar-refractivity contribution in [2.45, 2.75) is 59.4 Å². The Kier molecular flexibility index (Phi) is 8.11. The molecule has 0 amide bonds. The summed E-state index contributed by atoms with van der Waals surface area (Å²) in [7, 11) is 0. The highest BCUT2D eigenvalue weighted by atomic mass is 16.1. The van der Waals surface area contributed by atoms with Crippen LogP contribution in [0.2, 0.25) is 0 Å². The van der Waals surface area contributed by atoms with E-state index >= 15 is 0 Å². The summed E-state index contributed by atoms with van der Waals surface area (Å²) < 4.78 is 2.16. The van der Waals surface area contributed by atoms with Crippen LogP contribution in [0.15, 0.2) is 79.0 Å². The summed E-state index contributed by atoms with van der Waals surface area (Å²) >= 11 is 0. The first-order valence-corrected chi connectivity index (χ1v) is 13.9. The van der Waals surface area contributed by atoms with E-state index in [-0.39, 0.29) is 5.78 Å². The molecule has 6 heteroatoms. The molecule has 2 aromatic heterocycles. The Bertz CT molecular complexity index is 1530. The number of aryl methyl sites for hydroxylation is 2. The summed E-state index contributed by atoms with van der Waals surface area (Å²) in [6.45, 7) is 6.92. The van der Waals surface area contributed by atoms with Gasteiger partial charge in [0.15, 0.2) is 5.78 Å². The standard InChI is InChI=1S/C33H35N5O/c1-4-10-31(39)33-29(6-3)35-32(11-5-2)38(33)22-23-14-16-25(17-15-23)28-20-26(24-12-8-7-9-13-24)18-19-27(28)30-21-34-37-36-30/h7-9,12-21H,4-6,10-11,22H2,1-3H3,(H,34,36,37). The third kappa shape index (κ3) is 5.60. The summed E-state index contributed by atoms with van der Waals surface area (Å²) in [5.41, 5.74) is 9.20. The molecule has 0 radical (unpaired) electrons. The summed E-state index contributed by atoms with van der Waals surface area (Å²) in [4.78, 5) is 18.0. The van der Waals surface area contributed by atoms with Gasteiger partial charge >= 0.3 is 0 Å². The molecule has 0 aliphatic heterocycles. The Morgan fingerprint density at radius 3 is 2.28 bits per heavy atom. The van der Waals surface area contributed by atoms with Gasteiger partial charge in [-0.2, -0.15) is 15.4 Å². The fraction of sp³-hybridized carbons (Fsp3) is 0.273. The van der Waals surface area contributed by atoms with Gasteiger partial charge in [0.2, 0.25) is 0 Å². The van der Waals surface area contributed by atoms with Crippen LogP contribution in [0.3, 0.4) is 0 Å². The topological polar surface area (TPSA) is 76.5 Å². The zero-order valence-electron chi connectivity index (χ0n) is 22.9. The Morgan fingerprint density at radius 2 is 1.62 bits per heavy atom. The number of H-pyrrole nitrogens is 1. The zero-order chi connectivity index (χ0) is 27.2. The van der Waals surface area contributed by atoms with Crippen LogP contribution in [0.5, 0.6) is 0 Å². The van der Waals surface area contributed by atoms with Crippen molar-refractivity contribution in [2.24, 2.45) is 0 Å². The van der Waals surface area contributed by atoms with Gasteiger partial charge in [-0.15, -0.1) is 0 Å². The predicted molar refractivity (Wildman–Crippen MR) is 157 cm³/mol. The Balaban J connectivity index is 1.52. The summed E-state index contributed by atoms with van der Waals surface area (Å²) in [6, 6.07) is 25.5. The van der Waals surface area contributed by atoms with Crippen molar-refractivity contribution < 1.29 is 4.79 Å². The van der Waals surface area contributed by atoms with E-state index in [1.165, 1.54) is 5.56 Å². The fourth-order valence-electron chi connectivity index (χ4n) is 5.16. The maximum absolute atomic E-state index is 13.1. The third-order valence-electron chi connectivity index (χ3n) is 7.09. The lowest BCUT2D eigenvalue weighted by molar-refractivity contribution is 0.0972. The lowest BCUT2D eigenvalue weighted by Crippen LogP contribution is -2.14. The first-order valence-electron chi connectivity index (χ1n) is 13.9. The molecular weight excluding hydrogens is 482 g/mol. The SMILES string of the molecule is CCCC(=O)c1c(CC)nc(CCC)n1Cc1ccc(-c2cc(-c3ccccc3)ccc2-c2cn[nH]n2)cc1. The summed E-state index contributed by atoms with van der Waals surface area (Å²) in [6.07, 6.45) is 5.74. The van der Waals surface area contributed by atoms with Crippen LogP contribution in [0.1, 0.15) is 67.6 Å². The molecule has 3 aromatic carbocycles. The normalized spacial score (nSPS) is 11.2. The van der Waals surface area contributed by atoms with Crippen LogP contribution in [-0.2, 0) is 19.4 Å². The Labute approximate surface area is 230 Å². The molecule has 0 aliphatic carbocycles. The van der Waals surface area contributed by atoms with Gasteiger partial charge < -0.3 is 4.57 Å². The molecule has 0 saturated heterocycles. The van der Waals surface area contributed by atoms with Crippen molar-refractivity contribution in [3.05, 3.63) is 102 Å². The van der Waals surface area contributed by atoms with Gasteiger partial charge in [0, 0.05) is 24.9 Å². The maximum Gasteiger partial charge on any atom is 0.181 e. The minimum absolute atomic E-state index is 0.191. The Morgan fingerprint density at radius 1 is 0.846 bits per heavy atom. The number of hydrogen-bond donors (Lipinski definition) is 1. The summed E-state index contributed by atoms with van der Waals surface area (Å²) in [5, 5.41) is 11.1. The largest absolute Gasteiger partial charge is 0.321 e. The predicted octanol–water partition coefficient (Wildman–Crippen LogP) is 7.55. The minimum atomic E-state index is 0.191. The Hall–Kier alpha value is -4.32. The number of aromatic amines is 1. The van der Waals surface area contributed by atoms with E-state index in [4.69, 9.17) is 4.98 Å².